The molecule has 174 valence electrons. The molecular weight excluding hydrogens is 415 g/mol. The second kappa shape index (κ2) is 12.0. The number of likely N-dealkylation sites (tertiary alicyclic amines) is 1. The van der Waals surface area contributed by atoms with Crippen LogP contribution in [-0.2, 0) is 25.0 Å². The number of benzene rings is 1. The van der Waals surface area contributed by atoms with Gasteiger partial charge in [0.05, 0.1) is 13.2 Å². The Morgan fingerprint density at radius 3 is 2.39 bits per heavy atom. The second-order valence-corrected chi connectivity index (χ2v) is 10.2. The number of amides is 1. The molecular formula is C23H37N2O5P. The number of carbonyl (C=O) groups is 1. The molecule has 1 aliphatic heterocycles. The van der Waals surface area contributed by atoms with Gasteiger partial charge >= 0.3 is 13.8 Å². The highest BCUT2D eigenvalue weighted by molar-refractivity contribution is 7.51. The van der Waals surface area contributed by atoms with E-state index < -0.39 is 7.75 Å². The molecule has 1 amide bonds. The molecule has 0 unspecified atom stereocenters. The molecule has 1 heterocycles. The first-order valence-electron chi connectivity index (χ1n) is 11.7. The largest absolute Gasteiger partial charge is 0.445 e. The van der Waals surface area contributed by atoms with Crippen LogP contribution in [0.1, 0.15) is 57.9 Å². The summed E-state index contributed by atoms with van der Waals surface area (Å²) in [5.41, 5.74) is 0.958. The lowest BCUT2D eigenvalue weighted by Crippen LogP contribution is -2.54. The van der Waals surface area contributed by atoms with Crippen molar-refractivity contribution in [2.24, 2.45) is 11.8 Å². The normalized spacial score (nSPS) is 23.0. The highest BCUT2D eigenvalue weighted by atomic mass is 31.2. The Hall–Kier alpha value is -1.40. The number of carbonyl (C=O) groups excluding carboxylic acids is 1. The second-order valence-electron chi connectivity index (χ2n) is 8.41. The Labute approximate surface area is 186 Å². The maximum absolute atomic E-state index is 13.2. The van der Waals surface area contributed by atoms with E-state index in [1.54, 1.807) is 18.7 Å². The highest BCUT2D eigenvalue weighted by Gasteiger charge is 2.41. The molecule has 31 heavy (non-hydrogen) atoms. The maximum atomic E-state index is 13.2. The summed E-state index contributed by atoms with van der Waals surface area (Å²) in [6.07, 6.45) is 6.68. The van der Waals surface area contributed by atoms with E-state index in [0.29, 0.717) is 38.1 Å². The zero-order valence-electron chi connectivity index (χ0n) is 18.8. The van der Waals surface area contributed by atoms with Crippen molar-refractivity contribution >= 4 is 13.8 Å². The lowest BCUT2D eigenvalue weighted by molar-refractivity contribution is 0.0571. The number of hydrogen-bond acceptors (Lipinski definition) is 5. The fraction of sp³-hybridized carbons (Fsp3) is 0.696. The quantitative estimate of drug-likeness (QED) is 0.508. The van der Waals surface area contributed by atoms with Gasteiger partial charge in [-0.25, -0.2) is 14.4 Å². The summed E-state index contributed by atoms with van der Waals surface area (Å²) in [6, 6.07) is 9.52. The van der Waals surface area contributed by atoms with Gasteiger partial charge in [-0.1, -0.05) is 62.4 Å². The monoisotopic (exact) mass is 452 g/mol. The van der Waals surface area contributed by atoms with Gasteiger partial charge in [0.15, 0.2) is 0 Å². The first kappa shape index (κ1) is 24.2. The average Bonchev–Trinajstić information content (AvgIpc) is 2.79. The fourth-order valence-electron chi connectivity index (χ4n) is 4.86. The van der Waals surface area contributed by atoms with Crippen LogP contribution in [0.25, 0.3) is 0 Å². The van der Waals surface area contributed by atoms with Gasteiger partial charge in [0.25, 0.3) is 0 Å². The van der Waals surface area contributed by atoms with Crippen LogP contribution >= 0.6 is 7.75 Å². The number of nitrogens with one attached hydrogen (secondary N) is 1. The number of nitrogens with zero attached hydrogens (tertiary/aromatic N) is 1. The summed E-state index contributed by atoms with van der Waals surface area (Å²) in [5, 5.41) is 3.20. The molecule has 0 spiro atoms. The van der Waals surface area contributed by atoms with Crippen LogP contribution in [0.5, 0.6) is 0 Å². The molecule has 7 nitrogen and oxygen atoms in total. The molecule has 1 aliphatic carbocycles. The van der Waals surface area contributed by atoms with E-state index >= 15 is 0 Å². The minimum Gasteiger partial charge on any atom is -0.445 e. The molecule has 8 heteroatoms. The molecule has 1 aromatic rings. The third kappa shape index (κ3) is 7.04. The van der Waals surface area contributed by atoms with Crippen molar-refractivity contribution < 1.29 is 23.1 Å². The average molecular weight is 453 g/mol. The van der Waals surface area contributed by atoms with Gasteiger partial charge in [0.1, 0.15) is 6.61 Å². The number of hydrogen-bond donors (Lipinski definition) is 1. The van der Waals surface area contributed by atoms with E-state index in [9.17, 15) is 9.36 Å². The molecule has 2 aliphatic rings. The van der Waals surface area contributed by atoms with Crippen LogP contribution in [-0.4, -0.2) is 43.3 Å². The molecule has 0 aromatic heterocycles. The summed E-state index contributed by atoms with van der Waals surface area (Å²) in [5.74, 6) is 0.915. The Morgan fingerprint density at radius 1 is 1.06 bits per heavy atom. The van der Waals surface area contributed by atoms with Gasteiger partial charge in [-0.15, -0.1) is 0 Å². The smallest absolute Gasteiger partial charge is 0.410 e. The van der Waals surface area contributed by atoms with Crippen LogP contribution in [0.3, 0.4) is 0 Å². The predicted octanol–water partition coefficient (Wildman–Crippen LogP) is 5.36. The molecule has 1 saturated carbocycles. The van der Waals surface area contributed by atoms with E-state index in [-0.39, 0.29) is 18.7 Å². The van der Waals surface area contributed by atoms with Crippen LogP contribution in [0.15, 0.2) is 30.3 Å². The van der Waals surface area contributed by atoms with Gasteiger partial charge in [-0.05, 0) is 37.7 Å². The summed E-state index contributed by atoms with van der Waals surface area (Å²) < 4.78 is 29.7. The minimum absolute atomic E-state index is 0.148. The number of piperidine rings is 1. The summed E-state index contributed by atoms with van der Waals surface area (Å²) >= 11 is 0. The number of rotatable bonds is 9. The van der Waals surface area contributed by atoms with E-state index in [2.05, 4.69) is 5.09 Å². The van der Waals surface area contributed by atoms with Crippen LogP contribution in [0, 0.1) is 11.8 Å². The predicted molar refractivity (Wildman–Crippen MR) is 121 cm³/mol. The van der Waals surface area contributed by atoms with Crippen molar-refractivity contribution in [1.82, 2.24) is 9.99 Å². The highest BCUT2D eigenvalue weighted by Crippen LogP contribution is 2.47. The van der Waals surface area contributed by atoms with Crippen LogP contribution in [0.4, 0.5) is 4.79 Å². The van der Waals surface area contributed by atoms with Gasteiger partial charge < -0.3 is 9.64 Å². The van der Waals surface area contributed by atoms with Gasteiger partial charge in [-0.3, -0.25) is 9.05 Å². The van der Waals surface area contributed by atoms with Crippen molar-refractivity contribution in [2.75, 3.05) is 26.3 Å². The lowest BCUT2D eigenvalue weighted by atomic mass is 9.74. The molecule has 0 radical (unpaired) electrons. The maximum Gasteiger partial charge on any atom is 0.410 e. The minimum atomic E-state index is -3.43. The molecule has 1 N–H and O–H groups in total. The summed E-state index contributed by atoms with van der Waals surface area (Å²) in [7, 11) is -3.43. The van der Waals surface area contributed by atoms with Crippen molar-refractivity contribution in [2.45, 2.75) is 65.0 Å². The zero-order valence-corrected chi connectivity index (χ0v) is 19.7. The van der Waals surface area contributed by atoms with Crippen molar-refractivity contribution in [1.29, 1.82) is 0 Å². The van der Waals surface area contributed by atoms with Crippen LogP contribution in [0.2, 0.25) is 0 Å². The standard InChI is InChI=1S/C23H37N2O5P/c1-3-29-31(27,30-4-2)24-22-17-25(16-15-21(22)20-13-9-6-10-14-20)23(26)28-18-19-11-7-5-8-12-19/h5,7-8,11-12,20-22H,3-4,6,9-10,13-18H2,1-2H3,(H,24,27)/t21-,22+/m0/s1. The van der Waals surface area contributed by atoms with Crippen molar-refractivity contribution in [3.63, 3.8) is 0 Å². The summed E-state index contributed by atoms with van der Waals surface area (Å²) in [6.45, 7) is 5.55. The van der Waals surface area contributed by atoms with E-state index in [0.717, 1.165) is 12.0 Å². The Bertz CT molecular complexity index is 716. The van der Waals surface area contributed by atoms with Gasteiger partial charge in [0.2, 0.25) is 0 Å². The third-order valence-corrected chi connectivity index (χ3v) is 8.15. The molecule has 2 atom stereocenters. The fourth-order valence-corrected chi connectivity index (χ4v) is 6.45. The molecule has 2 fully saturated rings. The zero-order chi connectivity index (χ0) is 22.1. The van der Waals surface area contributed by atoms with Crippen LogP contribution < -0.4 is 5.09 Å². The summed E-state index contributed by atoms with van der Waals surface area (Å²) in [4.78, 5) is 14.5. The van der Waals surface area contributed by atoms with E-state index in [4.69, 9.17) is 13.8 Å². The Balaban J connectivity index is 1.68. The van der Waals surface area contributed by atoms with E-state index in [1.165, 1.54) is 32.1 Å². The van der Waals surface area contributed by atoms with Gasteiger partial charge in [-0.2, -0.15) is 0 Å². The Morgan fingerprint density at radius 2 is 1.74 bits per heavy atom. The molecule has 3 rings (SSSR count). The third-order valence-electron chi connectivity index (χ3n) is 6.31. The topological polar surface area (TPSA) is 77.1 Å². The number of ether oxygens (including phenoxy) is 1. The SMILES string of the molecule is CCOP(=O)(N[C@@H]1CN(C(=O)OCc2ccccc2)CC[C@H]1C1CCCCC1)OCC. The molecule has 1 saturated heterocycles. The Kier molecular flexibility index (Phi) is 9.39. The van der Waals surface area contributed by atoms with Crippen molar-refractivity contribution in [3.8, 4) is 0 Å². The lowest BCUT2D eigenvalue weighted by Gasteiger charge is -2.43. The van der Waals surface area contributed by atoms with Gasteiger partial charge in [0, 0.05) is 19.1 Å². The molecule has 1 aromatic carbocycles. The first-order chi connectivity index (χ1) is 15.0. The van der Waals surface area contributed by atoms with E-state index in [1.807, 2.05) is 30.3 Å². The first-order valence-corrected chi connectivity index (χ1v) is 13.2. The van der Waals surface area contributed by atoms with Crippen molar-refractivity contribution in [3.05, 3.63) is 35.9 Å². The molecule has 0 bridgehead atoms.